The van der Waals surface area contributed by atoms with Gasteiger partial charge in [-0.25, -0.2) is 22.7 Å². The molecule has 1 aliphatic heterocycles. The minimum Gasteiger partial charge on any atom is -0.356 e. The van der Waals surface area contributed by atoms with Gasteiger partial charge >= 0.3 is 0 Å². The van der Waals surface area contributed by atoms with E-state index in [1.165, 1.54) is 6.26 Å². The molecule has 1 saturated carbocycles. The van der Waals surface area contributed by atoms with Crippen LogP contribution in [0.15, 0.2) is 18.6 Å². The number of aromatic amines is 1. The summed E-state index contributed by atoms with van der Waals surface area (Å²) in [5.74, 6) is 1.86. The molecule has 3 atom stereocenters. The van der Waals surface area contributed by atoms with Gasteiger partial charge in [-0.1, -0.05) is 0 Å². The molecule has 0 radical (unpaired) electrons. The number of nitrogens with zero attached hydrogens (tertiary/aromatic N) is 4. The molecule has 0 amide bonds. The van der Waals surface area contributed by atoms with Crippen LogP contribution in [-0.2, 0) is 10.0 Å². The summed E-state index contributed by atoms with van der Waals surface area (Å²) in [5.41, 5.74) is 0.850. The molecule has 2 aliphatic rings. The number of hydrogen-bond donors (Lipinski definition) is 1. The summed E-state index contributed by atoms with van der Waals surface area (Å²) < 4.78 is 25.1. The van der Waals surface area contributed by atoms with Crippen molar-refractivity contribution < 1.29 is 8.42 Å². The van der Waals surface area contributed by atoms with E-state index < -0.39 is 10.0 Å². The number of H-pyrrole nitrogens is 1. The Morgan fingerprint density at radius 2 is 1.96 bits per heavy atom. The lowest BCUT2D eigenvalue weighted by Crippen LogP contribution is -2.34. The summed E-state index contributed by atoms with van der Waals surface area (Å²) in [6, 6.07) is 2.40. The maximum Gasteiger partial charge on any atom is 0.211 e. The predicted molar refractivity (Wildman–Crippen MR) is 88.7 cm³/mol. The topological polar surface area (TPSA) is 82.2 Å². The second-order valence-corrected chi connectivity index (χ2v) is 8.76. The Kier molecular flexibility index (Phi) is 3.35. The molecule has 0 unspecified atom stereocenters. The lowest BCUT2D eigenvalue weighted by molar-refractivity contribution is 0.436. The van der Waals surface area contributed by atoms with Crippen LogP contribution < -0.4 is 4.90 Å². The Hall–Kier alpha value is -1.67. The molecular formula is C15H21N5O2S. The molecule has 7 nitrogen and oxygen atoms in total. The number of fused-ring (bicyclic) bond motifs is 2. The van der Waals surface area contributed by atoms with E-state index >= 15 is 0 Å². The Morgan fingerprint density at radius 3 is 2.61 bits per heavy atom. The summed E-state index contributed by atoms with van der Waals surface area (Å²) in [6.45, 7) is 1.33. The van der Waals surface area contributed by atoms with Gasteiger partial charge in [0.15, 0.2) is 0 Å². The number of sulfonamides is 1. The van der Waals surface area contributed by atoms with E-state index in [1.807, 2.05) is 12.3 Å². The van der Waals surface area contributed by atoms with Crippen LogP contribution in [0.5, 0.6) is 0 Å². The maximum atomic E-state index is 11.7. The molecule has 2 aromatic rings. The van der Waals surface area contributed by atoms with Crippen LogP contribution in [0.4, 0.5) is 5.82 Å². The molecule has 3 heterocycles. The van der Waals surface area contributed by atoms with E-state index in [2.05, 4.69) is 26.9 Å². The zero-order chi connectivity index (χ0) is 16.2. The van der Waals surface area contributed by atoms with E-state index in [0.717, 1.165) is 29.7 Å². The first-order valence-corrected chi connectivity index (χ1v) is 9.74. The monoisotopic (exact) mass is 335 g/mol. The number of aromatic nitrogens is 3. The van der Waals surface area contributed by atoms with Crippen LogP contribution in [0, 0.1) is 11.8 Å². The summed E-state index contributed by atoms with van der Waals surface area (Å²) in [5, 5.41) is 1.03. The first-order chi connectivity index (χ1) is 10.9. The van der Waals surface area contributed by atoms with Gasteiger partial charge in [-0.15, -0.1) is 0 Å². The van der Waals surface area contributed by atoms with Gasteiger partial charge in [-0.3, -0.25) is 0 Å². The molecule has 23 heavy (non-hydrogen) atoms. The summed E-state index contributed by atoms with van der Waals surface area (Å²) in [6.07, 6.45) is 6.81. The Balaban J connectivity index is 1.52. The highest BCUT2D eigenvalue weighted by atomic mass is 32.2. The largest absolute Gasteiger partial charge is 0.356 e. The molecule has 0 spiro atoms. The van der Waals surface area contributed by atoms with Crippen molar-refractivity contribution in [2.45, 2.75) is 18.9 Å². The molecule has 8 heteroatoms. The average Bonchev–Trinajstić information content (AvgIpc) is 3.18. The number of hydrogen-bond acceptors (Lipinski definition) is 5. The van der Waals surface area contributed by atoms with Crippen LogP contribution in [0.3, 0.4) is 0 Å². The minimum atomic E-state index is -3.06. The highest BCUT2D eigenvalue weighted by Gasteiger charge is 2.44. The quantitative estimate of drug-likeness (QED) is 0.907. The van der Waals surface area contributed by atoms with Crippen molar-refractivity contribution in [2.75, 3.05) is 31.3 Å². The predicted octanol–water partition coefficient (Wildman–Crippen LogP) is 1.06. The smallest absolute Gasteiger partial charge is 0.211 e. The van der Waals surface area contributed by atoms with Gasteiger partial charge in [0.25, 0.3) is 0 Å². The third-order valence-electron chi connectivity index (χ3n) is 5.38. The number of nitrogens with one attached hydrogen (secondary N) is 1. The van der Waals surface area contributed by atoms with Gasteiger partial charge in [0.2, 0.25) is 10.0 Å². The third kappa shape index (κ3) is 2.49. The molecule has 0 aromatic carbocycles. The SMILES string of the molecule is CN(c1ncnc2[nH]ccc12)[C@H]1C[C@@H]2CN(S(C)(=O)=O)C[C@@H]2C1. The van der Waals surface area contributed by atoms with Crippen LogP contribution in [0.1, 0.15) is 12.8 Å². The van der Waals surface area contributed by atoms with Crippen molar-refractivity contribution in [2.24, 2.45) is 11.8 Å². The zero-order valence-electron chi connectivity index (χ0n) is 13.3. The van der Waals surface area contributed by atoms with Gasteiger partial charge in [-0.05, 0) is 30.7 Å². The van der Waals surface area contributed by atoms with Crippen LogP contribution in [0.25, 0.3) is 11.0 Å². The fraction of sp³-hybridized carbons (Fsp3) is 0.600. The van der Waals surface area contributed by atoms with Crippen LogP contribution in [0.2, 0.25) is 0 Å². The lowest BCUT2D eigenvalue weighted by Gasteiger charge is -2.27. The number of rotatable bonds is 3. The average molecular weight is 335 g/mol. The van der Waals surface area contributed by atoms with E-state index in [9.17, 15) is 8.42 Å². The summed E-state index contributed by atoms with van der Waals surface area (Å²) in [4.78, 5) is 14.1. The fourth-order valence-electron chi connectivity index (χ4n) is 4.12. The zero-order valence-corrected chi connectivity index (χ0v) is 14.1. The van der Waals surface area contributed by atoms with E-state index in [0.29, 0.717) is 31.0 Å². The van der Waals surface area contributed by atoms with Gasteiger partial charge < -0.3 is 9.88 Å². The molecule has 4 rings (SSSR count). The molecule has 0 bridgehead atoms. The van der Waals surface area contributed by atoms with Crippen molar-refractivity contribution in [3.05, 3.63) is 18.6 Å². The molecule has 1 N–H and O–H groups in total. The molecule has 2 aromatic heterocycles. The highest BCUT2D eigenvalue weighted by Crippen LogP contribution is 2.41. The standard InChI is InChI=1S/C15H21N5O2S/c1-19(15-13-3-4-16-14(13)17-9-18-15)12-5-10-7-20(23(2,21)22)8-11(10)6-12/h3-4,9-12H,5-8H2,1-2H3,(H,16,17,18)/t10-,11+,12+. The van der Waals surface area contributed by atoms with Gasteiger partial charge in [-0.2, -0.15) is 0 Å². The highest BCUT2D eigenvalue weighted by molar-refractivity contribution is 7.88. The lowest BCUT2D eigenvalue weighted by atomic mass is 10.0. The van der Waals surface area contributed by atoms with E-state index in [4.69, 9.17) is 0 Å². The second-order valence-electron chi connectivity index (χ2n) is 6.77. The van der Waals surface area contributed by atoms with Crippen molar-refractivity contribution in [1.82, 2.24) is 19.3 Å². The number of anilines is 1. The van der Waals surface area contributed by atoms with Gasteiger partial charge in [0.05, 0.1) is 11.6 Å². The normalized spacial score (nSPS) is 28.3. The fourth-order valence-corrected chi connectivity index (χ4v) is 5.05. The maximum absolute atomic E-state index is 11.7. The second kappa shape index (κ2) is 5.17. The van der Waals surface area contributed by atoms with E-state index in [1.54, 1.807) is 10.6 Å². The van der Waals surface area contributed by atoms with Crippen molar-refractivity contribution in [3.63, 3.8) is 0 Å². The summed E-state index contributed by atoms with van der Waals surface area (Å²) >= 11 is 0. The molecule has 124 valence electrons. The molecule has 1 aliphatic carbocycles. The van der Waals surface area contributed by atoms with Crippen molar-refractivity contribution in [1.29, 1.82) is 0 Å². The van der Waals surface area contributed by atoms with Gasteiger partial charge in [0.1, 0.15) is 17.8 Å². The Bertz CT molecular complexity index is 819. The third-order valence-corrected chi connectivity index (χ3v) is 6.61. The summed E-state index contributed by atoms with van der Waals surface area (Å²) in [7, 11) is -0.983. The van der Waals surface area contributed by atoms with Crippen LogP contribution >= 0.6 is 0 Å². The first-order valence-electron chi connectivity index (χ1n) is 7.89. The van der Waals surface area contributed by atoms with Gasteiger partial charge in [0, 0.05) is 32.4 Å². The molecular weight excluding hydrogens is 314 g/mol. The minimum absolute atomic E-state index is 0.403. The first kappa shape index (κ1) is 14.9. The van der Waals surface area contributed by atoms with Crippen LogP contribution in [-0.4, -0.2) is 60.1 Å². The molecule has 1 saturated heterocycles. The van der Waals surface area contributed by atoms with Crippen molar-refractivity contribution >= 4 is 26.9 Å². The van der Waals surface area contributed by atoms with E-state index in [-0.39, 0.29) is 0 Å². The Morgan fingerprint density at radius 1 is 1.26 bits per heavy atom. The Labute approximate surface area is 135 Å². The molecule has 2 fully saturated rings. The van der Waals surface area contributed by atoms with Crippen molar-refractivity contribution in [3.8, 4) is 0 Å².